The molecular weight excluding hydrogens is 1720 g/mol. The minimum absolute atomic E-state index is 0.102. The average molecular weight is 1820 g/mol. The summed E-state index contributed by atoms with van der Waals surface area (Å²) in [6.45, 7) is 15.6. The summed E-state index contributed by atoms with van der Waals surface area (Å²) in [5, 5.41) is 36.2. The maximum atomic E-state index is 14.1. The molecule has 20 aromatic rings. The van der Waals surface area contributed by atoms with Crippen molar-refractivity contribution in [3.05, 3.63) is 312 Å². The van der Waals surface area contributed by atoms with Crippen molar-refractivity contribution in [3.8, 4) is 45.0 Å². The summed E-state index contributed by atoms with van der Waals surface area (Å²) in [5.74, 6) is 0.890. The Hall–Kier alpha value is -16.2. The van der Waals surface area contributed by atoms with Gasteiger partial charge in [-0.1, -0.05) is 80.6 Å². The molecule has 0 aliphatic carbocycles. The molecule has 2 saturated heterocycles. The van der Waals surface area contributed by atoms with E-state index in [2.05, 4.69) is 148 Å². The lowest BCUT2D eigenvalue weighted by Crippen LogP contribution is -2.47. The topological polar surface area (TPSA) is 337 Å². The number of aromatic nitrogens is 20. The highest BCUT2D eigenvalue weighted by Gasteiger charge is 2.29. The van der Waals surface area contributed by atoms with Gasteiger partial charge in [0.1, 0.15) is 63.5 Å². The second kappa shape index (κ2) is 39.1. The number of pyridine rings is 4. The fourth-order valence-corrected chi connectivity index (χ4v) is 17.1. The number of piperazine rings is 1. The monoisotopic (exact) mass is 1820 g/mol. The number of benzene rings is 4. The number of morpholine rings is 1. The quantitative estimate of drug-likeness (QED) is 0.0276. The maximum absolute atomic E-state index is 14.1. The number of hydrogen-bond donors (Lipinski definition) is 8. The van der Waals surface area contributed by atoms with Crippen LogP contribution in [-0.2, 0) is 30.4 Å². The van der Waals surface area contributed by atoms with Gasteiger partial charge in [-0.25, -0.2) is 41.9 Å². The number of anilines is 4. The molecule has 2 aliphatic heterocycles. The van der Waals surface area contributed by atoms with E-state index in [9.17, 15) is 31.5 Å². The van der Waals surface area contributed by atoms with Crippen LogP contribution in [0.15, 0.2) is 232 Å². The lowest BCUT2D eigenvalue weighted by Gasteiger charge is -2.32. The molecule has 0 spiro atoms. The van der Waals surface area contributed by atoms with Gasteiger partial charge in [-0.2, -0.15) is 38.5 Å². The molecule has 35 heteroatoms. The molecule has 0 saturated carbocycles. The highest BCUT2D eigenvalue weighted by Crippen LogP contribution is 2.34. The van der Waals surface area contributed by atoms with Crippen LogP contribution in [0, 0.1) is 42.9 Å². The van der Waals surface area contributed by atoms with Crippen LogP contribution < -0.4 is 21.3 Å². The standard InChI is InChI=1S/C27H27FN8O.C26H24FN7O2.C25H24F2N6.C22H19FN6/c1-34-8-10-35(11-9-34)27(37)22-17-32-36-25(13-24(33-26(22)36)19-12-20(28)16-29-14-19)30-7-6-18-15-31-23-5-3-2-4-21(18)23;27-19-11-18(13-28-15-19)23-12-24(29-6-5-17-14-30-22-4-2-1-3-20(17)22)34-25(32-23)21(16-31-34)26(35)33-7-9-36-10-8-33;1-14(2)20-13-30-33-23(10-22(32-25(20)33)16-9-17(26)12-28-11-16)29-8-7-18-15(3)31-24-19(18)5-4-6-21(24)27;1-14-10-27-29-21(9-20(28-22(14)29)16-8-17(23)13-24-11-16)25-7-6-15-12-26-19-5-3-2-4-18(15)19/h2-5,12-17,30-31H,6-11H2,1H3;1-4,11-16,29-30H,5-10H2;4-6,9-14,29,31H,7-8H2,1-3H3;2-5,8-13,25-26H,6-7H2,1H3. The molecule has 22 rings (SSSR count). The van der Waals surface area contributed by atoms with E-state index in [-0.39, 0.29) is 29.4 Å². The van der Waals surface area contributed by atoms with Crippen molar-refractivity contribution in [1.82, 2.24) is 113 Å². The second-order valence-electron chi connectivity index (χ2n) is 33.5. The molecule has 682 valence electrons. The summed E-state index contributed by atoms with van der Waals surface area (Å²) in [7, 11) is 2.05. The molecule has 30 nitrogen and oxygen atoms in total. The van der Waals surface area contributed by atoms with Crippen LogP contribution >= 0.6 is 0 Å². The maximum Gasteiger partial charge on any atom is 0.259 e. The molecule has 0 atom stereocenters. The van der Waals surface area contributed by atoms with E-state index >= 15 is 0 Å². The van der Waals surface area contributed by atoms with E-state index in [4.69, 9.17) is 19.7 Å². The fourth-order valence-electron chi connectivity index (χ4n) is 17.1. The summed E-state index contributed by atoms with van der Waals surface area (Å²) in [6, 6.07) is 42.7. The van der Waals surface area contributed by atoms with Gasteiger partial charge in [-0.15, -0.1) is 0 Å². The Morgan fingerprint density at radius 1 is 0.407 bits per heavy atom. The van der Waals surface area contributed by atoms with Crippen LogP contribution in [0.2, 0.25) is 0 Å². The molecule has 2 amide bonds. The van der Waals surface area contributed by atoms with Crippen molar-refractivity contribution < 1.29 is 36.3 Å². The zero-order valence-corrected chi connectivity index (χ0v) is 74.4. The number of rotatable bonds is 23. The Balaban J connectivity index is 0.000000116. The summed E-state index contributed by atoms with van der Waals surface area (Å²) < 4.78 is 81.7. The molecular formula is C100H94F5N27O3. The van der Waals surface area contributed by atoms with Crippen molar-refractivity contribution in [2.24, 2.45) is 0 Å². The van der Waals surface area contributed by atoms with E-state index in [1.807, 2.05) is 105 Å². The van der Waals surface area contributed by atoms with E-state index in [1.165, 1.54) is 75.6 Å². The molecule has 135 heavy (non-hydrogen) atoms. The van der Waals surface area contributed by atoms with Gasteiger partial charge in [-0.05, 0) is 123 Å². The smallest absolute Gasteiger partial charge is 0.259 e. The van der Waals surface area contributed by atoms with Crippen molar-refractivity contribution in [2.75, 3.05) is 107 Å². The normalized spacial score (nSPS) is 13.0. The molecule has 4 aromatic carbocycles. The number of H-pyrrole nitrogens is 4. The predicted octanol–water partition coefficient (Wildman–Crippen LogP) is 17.0. The lowest BCUT2D eigenvalue weighted by atomic mass is 10.1. The van der Waals surface area contributed by atoms with Crippen LogP contribution in [0.5, 0.6) is 0 Å². The number of hydrogen-bond acceptors (Lipinski definition) is 20. The number of carbonyl (C=O) groups excluding carboxylic acids is 2. The number of carbonyl (C=O) groups is 2. The number of halogens is 5. The highest BCUT2D eigenvalue weighted by atomic mass is 19.1. The third-order valence-electron chi connectivity index (χ3n) is 24.2. The lowest BCUT2D eigenvalue weighted by molar-refractivity contribution is 0.0304. The largest absolute Gasteiger partial charge is 0.378 e. The Morgan fingerprint density at radius 3 is 1.21 bits per heavy atom. The number of ether oxygens (including phenoxy) is 1. The van der Waals surface area contributed by atoms with Crippen LogP contribution in [0.25, 0.3) is 111 Å². The first kappa shape index (κ1) is 88.1. The van der Waals surface area contributed by atoms with E-state index in [1.54, 1.807) is 78.5 Å². The van der Waals surface area contributed by atoms with Gasteiger partial charge in [0.15, 0.2) is 22.6 Å². The number of nitrogens with zero attached hydrogens (tertiary/aromatic N) is 19. The van der Waals surface area contributed by atoms with Gasteiger partial charge in [0.05, 0.1) is 91.1 Å². The second-order valence-corrected chi connectivity index (χ2v) is 33.5. The Kier molecular flexibility index (Phi) is 25.5. The highest BCUT2D eigenvalue weighted by molar-refractivity contribution is 6.01. The van der Waals surface area contributed by atoms with Crippen molar-refractivity contribution in [3.63, 3.8) is 0 Å². The SMILES string of the molecule is CN1CCN(C(=O)c2cnn3c(NCCc4c[nH]c5ccccc45)cc(-c4cncc(F)c4)nc23)CC1.Cc1[nH]c2c(F)cccc2c1CCNc1cc(-c2cncc(F)c2)nc2c(C(C)C)cnn12.Cc1cnn2c(NCCc3c[nH]c4ccccc34)cc(-c3cncc(F)c3)nc12.O=C(c1cnn2c(NCCc3c[nH]c4ccccc34)cc(-c3cncc(F)c3)nc12)N1CCOCC1. The molecule has 18 heterocycles. The first-order valence-electron chi connectivity index (χ1n) is 44.5. The minimum atomic E-state index is -0.457. The van der Waals surface area contributed by atoms with E-state index < -0.39 is 17.5 Å². The molecule has 2 aliphatic rings. The Morgan fingerprint density at radius 2 is 0.778 bits per heavy atom. The number of nitrogens with one attached hydrogen (secondary N) is 8. The number of aryl methyl sites for hydroxylation is 2. The van der Waals surface area contributed by atoms with Crippen LogP contribution in [0.4, 0.5) is 45.2 Å². The average Bonchev–Trinajstić information content (AvgIpc) is 1.65. The summed E-state index contributed by atoms with van der Waals surface area (Å²) in [4.78, 5) is 80.2. The molecule has 0 radical (unpaired) electrons. The van der Waals surface area contributed by atoms with Crippen LogP contribution in [0.1, 0.15) is 79.6 Å². The van der Waals surface area contributed by atoms with Gasteiger partial charge in [-0.3, -0.25) is 29.5 Å². The van der Waals surface area contributed by atoms with E-state index in [0.717, 1.165) is 119 Å². The van der Waals surface area contributed by atoms with Crippen molar-refractivity contribution in [1.29, 1.82) is 0 Å². The molecule has 16 aromatic heterocycles. The first-order chi connectivity index (χ1) is 65.8. The number of amides is 2. The molecule has 2 fully saturated rings. The minimum Gasteiger partial charge on any atom is -0.378 e. The van der Waals surface area contributed by atoms with Gasteiger partial charge >= 0.3 is 0 Å². The fraction of sp³-hybridized carbons (Fsp3) is 0.220. The third kappa shape index (κ3) is 19.1. The van der Waals surface area contributed by atoms with Gasteiger partial charge in [0.25, 0.3) is 11.8 Å². The van der Waals surface area contributed by atoms with E-state index in [0.29, 0.717) is 150 Å². The van der Waals surface area contributed by atoms with Crippen LogP contribution in [-0.4, -0.2) is 210 Å². The molecule has 0 bridgehead atoms. The van der Waals surface area contributed by atoms with Crippen LogP contribution in [0.3, 0.4) is 0 Å². The Labute approximate surface area is 769 Å². The number of para-hydroxylation sites is 4. The van der Waals surface area contributed by atoms with Gasteiger partial charge in [0, 0.05) is 210 Å². The summed E-state index contributed by atoms with van der Waals surface area (Å²) in [6.07, 6.45) is 26.9. The number of aromatic amines is 4. The predicted molar refractivity (Wildman–Crippen MR) is 510 cm³/mol. The van der Waals surface area contributed by atoms with Crippen molar-refractivity contribution in [2.45, 2.75) is 59.3 Å². The first-order valence-corrected chi connectivity index (χ1v) is 44.5. The number of fused-ring (bicyclic) bond motifs is 8. The van der Waals surface area contributed by atoms with Crippen molar-refractivity contribution >= 4 is 101 Å². The summed E-state index contributed by atoms with van der Waals surface area (Å²) in [5.41, 5.74) is 19.2. The molecule has 0 unspecified atom stereocenters. The van der Waals surface area contributed by atoms with Gasteiger partial charge < -0.3 is 60.6 Å². The van der Waals surface area contributed by atoms with Gasteiger partial charge in [0.2, 0.25) is 0 Å². The summed E-state index contributed by atoms with van der Waals surface area (Å²) >= 11 is 0. The third-order valence-corrected chi connectivity index (χ3v) is 24.2. The zero-order valence-electron chi connectivity index (χ0n) is 74.4. The number of likely N-dealkylation sites (N-methyl/N-ethyl adjacent to an activating group) is 1. The zero-order chi connectivity index (χ0) is 92.7. The Bertz CT molecular complexity index is 7730. The molecule has 8 N–H and O–H groups in total.